The lowest BCUT2D eigenvalue weighted by molar-refractivity contribution is 0.138. The monoisotopic (exact) mass is 196 g/mol. The van der Waals surface area contributed by atoms with E-state index in [0.717, 1.165) is 0 Å². The molecule has 0 aliphatic rings. The second-order valence-corrected chi connectivity index (χ2v) is 4.26. The zero-order valence-corrected chi connectivity index (χ0v) is 10.5. The van der Waals surface area contributed by atoms with Gasteiger partial charge in [0.05, 0.1) is 0 Å². The number of hydrogen-bond donors (Lipinski definition) is 1. The van der Waals surface area contributed by atoms with Crippen molar-refractivity contribution < 1.29 is 18.1 Å². The summed E-state index contributed by atoms with van der Waals surface area (Å²) in [6.45, 7) is 3.53. The standard InChI is InChI=1S/C5H12O3Si.H4OSi/c1-5-9(6-2,7-3)8-4;1-2/h5H,1H2,2-4H3;1H,2H3. The molecule has 0 aromatic heterocycles. The van der Waals surface area contributed by atoms with Crippen LogP contribution in [0.15, 0.2) is 12.3 Å². The van der Waals surface area contributed by atoms with Gasteiger partial charge in [0.2, 0.25) is 0 Å². The molecule has 0 heterocycles. The molecular weight excluding hydrogens is 180 g/mol. The SMILES string of the molecule is C=C[Si](OC)(OC)OC.O[SiH3]. The van der Waals surface area contributed by atoms with Crippen molar-refractivity contribution in [1.29, 1.82) is 0 Å². The number of hydrogen-bond acceptors (Lipinski definition) is 4. The molecule has 11 heavy (non-hydrogen) atoms. The molecule has 1 N–H and O–H groups in total. The third-order valence-electron chi connectivity index (χ3n) is 1.10. The van der Waals surface area contributed by atoms with Gasteiger partial charge in [0, 0.05) is 21.3 Å². The molecule has 0 aromatic carbocycles. The summed E-state index contributed by atoms with van der Waals surface area (Å²) in [4.78, 5) is 7.14. The highest BCUT2D eigenvalue weighted by atomic mass is 28.4. The fourth-order valence-corrected chi connectivity index (χ4v) is 1.50. The van der Waals surface area contributed by atoms with Crippen LogP contribution in [-0.4, -0.2) is 45.4 Å². The second-order valence-electron chi connectivity index (χ2n) is 1.42. The molecule has 0 atom stereocenters. The molecule has 4 nitrogen and oxygen atoms in total. The Kier molecular flexibility index (Phi) is 10.0. The van der Waals surface area contributed by atoms with Crippen molar-refractivity contribution in [1.82, 2.24) is 0 Å². The Bertz CT molecular complexity index is 86.2. The Morgan fingerprint density at radius 3 is 1.45 bits per heavy atom. The van der Waals surface area contributed by atoms with Gasteiger partial charge in [-0.05, 0) is 5.70 Å². The Morgan fingerprint density at radius 1 is 1.18 bits per heavy atom. The third-order valence-corrected chi connectivity index (χ3v) is 3.31. The van der Waals surface area contributed by atoms with Crippen LogP contribution in [0, 0.1) is 0 Å². The molecule has 0 radical (unpaired) electrons. The summed E-state index contributed by atoms with van der Waals surface area (Å²) >= 11 is 0. The van der Waals surface area contributed by atoms with E-state index in [2.05, 4.69) is 6.58 Å². The molecule has 0 fully saturated rings. The molecular formula is C5H16O4Si2. The van der Waals surface area contributed by atoms with Crippen molar-refractivity contribution in [2.45, 2.75) is 0 Å². The minimum absolute atomic E-state index is 0.306. The van der Waals surface area contributed by atoms with Gasteiger partial charge in [0.15, 0.2) is 0 Å². The summed E-state index contributed by atoms with van der Waals surface area (Å²) < 4.78 is 14.9. The molecule has 0 saturated carbocycles. The van der Waals surface area contributed by atoms with E-state index in [-0.39, 0.29) is 0 Å². The summed E-state index contributed by atoms with van der Waals surface area (Å²) in [5.41, 5.74) is 1.58. The molecule has 6 heteroatoms. The van der Waals surface area contributed by atoms with Crippen LogP contribution in [0.2, 0.25) is 0 Å². The van der Waals surface area contributed by atoms with Crippen LogP contribution in [0.5, 0.6) is 0 Å². The van der Waals surface area contributed by atoms with Crippen LogP contribution in [0.3, 0.4) is 0 Å². The molecule has 0 unspecified atom stereocenters. The van der Waals surface area contributed by atoms with E-state index in [1.807, 2.05) is 0 Å². The van der Waals surface area contributed by atoms with Crippen LogP contribution in [0.25, 0.3) is 0 Å². The Labute approximate surface area is 71.7 Å². The average molecular weight is 196 g/mol. The lowest BCUT2D eigenvalue weighted by atomic mass is 11.3. The maximum absolute atomic E-state index is 7.14. The first-order valence-corrected chi connectivity index (χ1v) is 5.68. The highest BCUT2D eigenvalue weighted by molar-refractivity contribution is 6.66. The van der Waals surface area contributed by atoms with Crippen molar-refractivity contribution in [3.8, 4) is 0 Å². The Morgan fingerprint density at radius 2 is 1.45 bits per heavy atom. The van der Waals surface area contributed by atoms with Gasteiger partial charge in [0.1, 0.15) is 10.5 Å². The number of rotatable bonds is 4. The van der Waals surface area contributed by atoms with Crippen LogP contribution in [0.1, 0.15) is 0 Å². The lowest BCUT2D eigenvalue weighted by Gasteiger charge is -2.19. The summed E-state index contributed by atoms with van der Waals surface area (Å²) in [6, 6.07) is 0. The Hall–Kier alpha value is 0.0138. The predicted octanol–water partition coefficient (Wildman–Crippen LogP) is -1.15. The van der Waals surface area contributed by atoms with E-state index in [4.69, 9.17) is 18.1 Å². The van der Waals surface area contributed by atoms with E-state index >= 15 is 0 Å². The van der Waals surface area contributed by atoms with E-state index in [1.165, 1.54) is 0 Å². The van der Waals surface area contributed by atoms with Crippen molar-refractivity contribution in [3.05, 3.63) is 12.3 Å². The van der Waals surface area contributed by atoms with Gasteiger partial charge in [-0.2, -0.15) is 0 Å². The van der Waals surface area contributed by atoms with E-state index in [9.17, 15) is 0 Å². The van der Waals surface area contributed by atoms with Gasteiger partial charge < -0.3 is 18.1 Å². The first-order chi connectivity index (χ1) is 5.24. The molecule has 0 rings (SSSR count). The van der Waals surface area contributed by atoms with E-state index < -0.39 is 8.80 Å². The van der Waals surface area contributed by atoms with Gasteiger partial charge in [-0.1, -0.05) is 6.58 Å². The zero-order valence-electron chi connectivity index (χ0n) is 7.46. The maximum Gasteiger partial charge on any atom is 0.528 e. The average Bonchev–Trinajstić information content (AvgIpc) is 2.13. The van der Waals surface area contributed by atoms with Crippen LogP contribution >= 0.6 is 0 Å². The molecule has 0 amide bonds. The second kappa shape index (κ2) is 8.11. The fourth-order valence-electron chi connectivity index (χ4n) is 0.500. The molecule has 0 aliphatic heterocycles. The van der Waals surface area contributed by atoms with E-state index in [0.29, 0.717) is 10.5 Å². The fraction of sp³-hybridized carbons (Fsp3) is 0.600. The molecule has 0 aliphatic carbocycles. The minimum Gasteiger partial charge on any atom is -0.442 e. The van der Waals surface area contributed by atoms with Gasteiger partial charge in [-0.3, -0.25) is 0 Å². The largest absolute Gasteiger partial charge is 0.528 e. The predicted molar refractivity (Wildman–Crippen MR) is 49.1 cm³/mol. The minimum atomic E-state index is -2.43. The third kappa shape index (κ3) is 4.46. The first-order valence-electron chi connectivity index (χ1n) is 2.98. The normalized spacial score (nSPS) is 10.2. The summed E-state index contributed by atoms with van der Waals surface area (Å²) in [5.74, 6) is 0. The van der Waals surface area contributed by atoms with Gasteiger partial charge in [-0.15, -0.1) is 0 Å². The van der Waals surface area contributed by atoms with Crippen molar-refractivity contribution in [2.75, 3.05) is 21.3 Å². The molecule has 0 bridgehead atoms. The van der Waals surface area contributed by atoms with Crippen molar-refractivity contribution >= 4 is 19.3 Å². The smallest absolute Gasteiger partial charge is 0.442 e. The van der Waals surface area contributed by atoms with E-state index in [1.54, 1.807) is 27.0 Å². The topological polar surface area (TPSA) is 47.9 Å². The molecule has 0 spiro atoms. The summed E-state index contributed by atoms with van der Waals surface area (Å²) in [5, 5.41) is 0. The van der Waals surface area contributed by atoms with Crippen molar-refractivity contribution in [3.63, 3.8) is 0 Å². The summed E-state index contributed by atoms with van der Waals surface area (Å²) in [6.07, 6.45) is 0. The van der Waals surface area contributed by atoms with Gasteiger partial charge in [0.25, 0.3) is 0 Å². The highest BCUT2D eigenvalue weighted by Crippen LogP contribution is 2.04. The van der Waals surface area contributed by atoms with Crippen LogP contribution < -0.4 is 0 Å². The van der Waals surface area contributed by atoms with Gasteiger partial charge in [-0.25, -0.2) is 0 Å². The lowest BCUT2D eigenvalue weighted by Crippen LogP contribution is -2.40. The molecule has 68 valence electrons. The zero-order chi connectivity index (χ0) is 9.33. The van der Waals surface area contributed by atoms with Gasteiger partial charge >= 0.3 is 8.80 Å². The van der Waals surface area contributed by atoms with Crippen LogP contribution in [0.4, 0.5) is 0 Å². The van der Waals surface area contributed by atoms with Crippen LogP contribution in [-0.2, 0) is 13.3 Å². The maximum atomic E-state index is 7.14. The quantitative estimate of drug-likeness (QED) is 0.577. The van der Waals surface area contributed by atoms with Crippen molar-refractivity contribution in [2.24, 2.45) is 0 Å². The Balaban J connectivity index is 0. The highest BCUT2D eigenvalue weighted by Gasteiger charge is 2.33. The molecule has 0 saturated heterocycles. The first kappa shape index (κ1) is 13.6. The molecule has 0 aromatic rings. The summed E-state index contributed by atoms with van der Waals surface area (Å²) in [7, 11) is 2.51.